The van der Waals surface area contributed by atoms with Crippen LogP contribution in [0.5, 0.6) is 11.5 Å². The lowest BCUT2D eigenvalue weighted by Gasteiger charge is -2.11. The number of rotatable bonds is 4. The van der Waals surface area contributed by atoms with Gasteiger partial charge in [0.15, 0.2) is 11.6 Å². The summed E-state index contributed by atoms with van der Waals surface area (Å²) in [6.07, 6.45) is 1.25. The first-order valence-electron chi connectivity index (χ1n) is 5.90. The van der Waals surface area contributed by atoms with Gasteiger partial charge in [-0.05, 0) is 43.0 Å². The Hall–Kier alpha value is -1.52. The van der Waals surface area contributed by atoms with E-state index in [-0.39, 0.29) is 5.75 Å². The van der Waals surface area contributed by atoms with E-state index in [0.29, 0.717) is 11.3 Å². The Balaban J connectivity index is 2.28. The lowest BCUT2D eigenvalue weighted by atomic mass is 10.1. The van der Waals surface area contributed by atoms with Crippen LogP contribution in [0.3, 0.4) is 0 Å². The molecule has 0 radical (unpaired) electrons. The number of para-hydroxylation sites is 1. The van der Waals surface area contributed by atoms with Crippen molar-refractivity contribution in [2.75, 3.05) is 6.26 Å². The van der Waals surface area contributed by atoms with E-state index in [1.807, 2.05) is 24.5 Å². The minimum Gasteiger partial charge on any atom is -0.453 e. The van der Waals surface area contributed by atoms with Crippen molar-refractivity contribution in [1.29, 1.82) is 0 Å². The fourth-order valence-corrected chi connectivity index (χ4v) is 2.21. The van der Waals surface area contributed by atoms with Gasteiger partial charge in [-0.15, -0.1) is 11.8 Å². The highest BCUT2D eigenvalue weighted by atomic mass is 32.2. The average molecular weight is 278 g/mol. The molecule has 0 saturated heterocycles. The third-order valence-corrected chi connectivity index (χ3v) is 3.50. The number of hydrogen-bond acceptors (Lipinski definition) is 3. The second kappa shape index (κ2) is 6.08. The Bertz CT molecular complexity index is 570. The zero-order chi connectivity index (χ0) is 13.8. The van der Waals surface area contributed by atoms with Gasteiger partial charge in [-0.25, -0.2) is 4.39 Å². The molecule has 0 fully saturated rings. The van der Waals surface area contributed by atoms with E-state index >= 15 is 0 Å². The standard InChI is InChI=1S/C15H15FO2S/c1-10(17)11-7-8-13(12(16)9-11)18-14-5-3-4-6-15(14)19-2/h3-10,17H,1-2H3/t10-/m0/s1. The van der Waals surface area contributed by atoms with Crippen molar-refractivity contribution in [3.8, 4) is 11.5 Å². The largest absolute Gasteiger partial charge is 0.453 e. The van der Waals surface area contributed by atoms with Gasteiger partial charge < -0.3 is 9.84 Å². The quantitative estimate of drug-likeness (QED) is 0.841. The highest BCUT2D eigenvalue weighted by molar-refractivity contribution is 7.98. The summed E-state index contributed by atoms with van der Waals surface area (Å²) in [7, 11) is 0. The SMILES string of the molecule is CSc1ccccc1Oc1ccc([C@H](C)O)cc1F. The Morgan fingerprint density at radius 2 is 1.89 bits per heavy atom. The molecule has 0 saturated carbocycles. The number of thioether (sulfide) groups is 1. The summed E-state index contributed by atoms with van der Waals surface area (Å²) < 4.78 is 19.5. The molecular weight excluding hydrogens is 263 g/mol. The van der Waals surface area contributed by atoms with E-state index in [1.54, 1.807) is 30.8 Å². The minimum absolute atomic E-state index is 0.158. The van der Waals surface area contributed by atoms with E-state index in [1.165, 1.54) is 12.1 Å². The van der Waals surface area contributed by atoms with Crippen LogP contribution in [-0.2, 0) is 0 Å². The lowest BCUT2D eigenvalue weighted by Crippen LogP contribution is -1.95. The van der Waals surface area contributed by atoms with Gasteiger partial charge >= 0.3 is 0 Å². The highest BCUT2D eigenvalue weighted by Crippen LogP contribution is 2.33. The number of ether oxygens (including phenoxy) is 1. The first-order valence-corrected chi connectivity index (χ1v) is 7.12. The molecule has 0 aliphatic heterocycles. The number of halogens is 1. The minimum atomic E-state index is -0.693. The summed E-state index contributed by atoms with van der Waals surface area (Å²) in [5.74, 6) is 0.305. The van der Waals surface area contributed by atoms with Gasteiger partial charge in [-0.2, -0.15) is 0 Å². The number of aliphatic hydroxyl groups is 1. The fraction of sp³-hybridized carbons (Fsp3) is 0.200. The van der Waals surface area contributed by atoms with Crippen molar-refractivity contribution in [2.24, 2.45) is 0 Å². The van der Waals surface area contributed by atoms with Crippen molar-refractivity contribution in [3.05, 3.63) is 53.8 Å². The Morgan fingerprint density at radius 3 is 2.53 bits per heavy atom. The zero-order valence-electron chi connectivity index (χ0n) is 10.8. The van der Waals surface area contributed by atoms with Gasteiger partial charge in [-0.3, -0.25) is 0 Å². The van der Waals surface area contributed by atoms with Gasteiger partial charge in [0.2, 0.25) is 0 Å². The van der Waals surface area contributed by atoms with E-state index in [9.17, 15) is 9.50 Å². The molecule has 2 rings (SSSR count). The van der Waals surface area contributed by atoms with Crippen LogP contribution in [0.15, 0.2) is 47.4 Å². The summed E-state index contributed by atoms with van der Waals surface area (Å²) in [5, 5.41) is 9.40. The Labute approximate surface area is 116 Å². The van der Waals surface area contributed by atoms with Crippen molar-refractivity contribution in [3.63, 3.8) is 0 Å². The monoisotopic (exact) mass is 278 g/mol. The van der Waals surface area contributed by atoms with Gasteiger partial charge in [0.1, 0.15) is 5.75 Å². The maximum atomic E-state index is 13.9. The average Bonchev–Trinajstić information content (AvgIpc) is 2.41. The Morgan fingerprint density at radius 1 is 1.16 bits per heavy atom. The topological polar surface area (TPSA) is 29.5 Å². The fourth-order valence-electron chi connectivity index (χ4n) is 1.68. The molecule has 0 spiro atoms. The van der Waals surface area contributed by atoms with Crippen molar-refractivity contribution in [2.45, 2.75) is 17.9 Å². The summed E-state index contributed by atoms with van der Waals surface area (Å²) in [6, 6.07) is 12.0. The highest BCUT2D eigenvalue weighted by Gasteiger charge is 2.10. The van der Waals surface area contributed by atoms with Crippen LogP contribution in [0.4, 0.5) is 4.39 Å². The van der Waals surface area contributed by atoms with Crippen molar-refractivity contribution in [1.82, 2.24) is 0 Å². The second-order valence-corrected chi connectivity index (χ2v) is 4.97. The van der Waals surface area contributed by atoms with Crippen LogP contribution in [0, 0.1) is 5.82 Å². The van der Waals surface area contributed by atoms with Crippen LogP contribution in [-0.4, -0.2) is 11.4 Å². The third kappa shape index (κ3) is 3.28. The van der Waals surface area contributed by atoms with E-state index in [0.717, 1.165) is 4.90 Å². The van der Waals surface area contributed by atoms with E-state index < -0.39 is 11.9 Å². The molecule has 0 aromatic heterocycles. The smallest absolute Gasteiger partial charge is 0.166 e. The molecule has 1 atom stereocenters. The number of benzene rings is 2. The van der Waals surface area contributed by atoms with Gasteiger partial charge in [0, 0.05) is 4.90 Å². The molecule has 1 N–H and O–H groups in total. The van der Waals surface area contributed by atoms with Crippen LogP contribution < -0.4 is 4.74 Å². The molecule has 0 unspecified atom stereocenters. The molecule has 0 heterocycles. The van der Waals surface area contributed by atoms with E-state index in [4.69, 9.17) is 4.74 Å². The summed E-state index contributed by atoms with van der Waals surface area (Å²) >= 11 is 1.54. The predicted molar refractivity (Wildman–Crippen MR) is 75.3 cm³/mol. The molecule has 2 aromatic rings. The number of aliphatic hydroxyl groups excluding tert-OH is 1. The van der Waals surface area contributed by atoms with Crippen LogP contribution >= 0.6 is 11.8 Å². The molecule has 2 nitrogen and oxygen atoms in total. The summed E-state index contributed by atoms with van der Waals surface area (Å²) in [4.78, 5) is 0.946. The normalized spacial score (nSPS) is 12.2. The molecule has 100 valence electrons. The van der Waals surface area contributed by atoms with Crippen LogP contribution in [0.2, 0.25) is 0 Å². The molecule has 0 bridgehead atoms. The predicted octanol–water partition coefficient (Wildman–Crippen LogP) is 4.39. The molecule has 0 aliphatic carbocycles. The first kappa shape index (κ1) is 13.9. The molecule has 0 amide bonds. The molecular formula is C15H15FO2S. The lowest BCUT2D eigenvalue weighted by molar-refractivity contribution is 0.198. The summed E-state index contributed by atoms with van der Waals surface area (Å²) in [6.45, 7) is 1.60. The van der Waals surface area contributed by atoms with Gasteiger partial charge in [-0.1, -0.05) is 18.2 Å². The van der Waals surface area contributed by atoms with Gasteiger partial charge in [0.25, 0.3) is 0 Å². The van der Waals surface area contributed by atoms with Gasteiger partial charge in [0.05, 0.1) is 6.10 Å². The molecule has 19 heavy (non-hydrogen) atoms. The third-order valence-electron chi connectivity index (χ3n) is 2.73. The molecule has 2 aromatic carbocycles. The van der Waals surface area contributed by atoms with Crippen molar-refractivity contribution < 1.29 is 14.2 Å². The summed E-state index contributed by atoms with van der Waals surface area (Å²) in [5.41, 5.74) is 0.531. The zero-order valence-corrected chi connectivity index (χ0v) is 11.6. The molecule has 4 heteroatoms. The first-order chi connectivity index (χ1) is 9.11. The van der Waals surface area contributed by atoms with Crippen molar-refractivity contribution >= 4 is 11.8 Å². The van der Waals surface area contributed by atoms with Crippen LogP contribution in [0.1, 0.15) is 18.6 Å². The maximum absolute atomic E-state index is 13.9. The van der Waals surface area contributed by atoms with Crippen LogP contribution in [0.25, 0.3) is 0 Å². The maximum Gasteiger partial charge on any atom is 0.166 e. The van der Waals surface area contributed by atoms with E-state index in [2.05, 4.69) is 0 Å². The Kier molecular flexibility index (Phi) is 4.45. The second-order valence-electron chi connectivity index (χ2n) is 4.12. The number of hydrogen-bond donors (Lipinski definition) is 1. The molecule has 0 aliphatic rings.